The van der Waals surface area contributed by atoms with Crippen molar-refractivity contribution in [1.82, 2.24) is 19.9 Å². The average molecular weight is 425 g/mol. The van der Waals surface area contributed by atoms with Gasteiger partial charge in [-0.05, 0) is 86.1 Å². The summed E-state index contributed by atoms with van der Waals surface area (Å²) < 4.78 is 0. The van der Waals surface area contributed by atoms with Gasteiger partial charge in [0.05, 0.1) is 22.8 Å². The normalized spacial score (nSPS) is 12.8. The summed E-state index contributed by atoms with van der Waals surface area (Å²) in [7, 11) is 0. The van der Waals surface area contributed by atoms with Gasteiger partial charge < -0.3 is 0 Å². The summed E-state index contributed by atoms with van der Waals surface area (Å²) in [6.07, 6.45) is 4.07. The summed E-state index contributed by atoms with van der Waals surface area (Å²) in [6.45, 7) is 12.1. The predicted molar refractivity (Wildman–Crippen MR) is 133 cm³/mol. The van der Waals surface area contributed by atoms with Gasteiger partial charge in [0.2, 0.25) is 0 Å². The zero-order valence-corrected chi connectivity index (χ0v) is 20.1. The molecule has 2 aliphatic carbocycles. The fourth-order valence-electron chi connectivity index (χ4n) is 4.51. The third-order valence-electron chi connectivity index (χ3n) is 5.97. The van der Waals surface area contributed by atoms with Crippen molar-refractivity contribution in [1.29, 1.82) is 0 Å². The first kappa shape index (κ1) is 22.1. The maximum atomic E-state index is 5.00. The van der Waals surface area contributed by atoms with Crippen LogP contribution in [0.3, 0.4) is 0 Å². The molecular formula is C28H32N4. The molecule has 0 saturated heterocycles. The second-order valence-corrected chi connectivity index (χ2v) is 7.96. The number of aryl methyl sites for hydroxylation is 6. The number of aromatic nitrogens is 4. The van der Waals surface area contributed by atoms with Gasteiger partial charge in [-0.3, -0.25) is 9.97 Å². The van der Waals surface area contributed by atoms with Crippen LogP contribution in [0.4, 0.5) is 0 Å². The van der Waals surface area contributed by atoms with Crippen LogP contribution in [0.25, 0.3) is 33.8 Å². The Morgan fingerprint density at radius 1 is 0.500 bits per heavy atom. The van der Waals surface area contributed by atoms with Crippen LogP contribution in [0, 0.1) is 13.8 Å². The molecule has 0 bridgehead atoms. The molecule has 2 aliphatic rings. The number of rotatable bonds is 0. The summed E-state index contributed by atoms with van der Waals surface area (Å²) in [5, 5.41) is 1.13. The lowest BCUT2D eigenvalue weighted by molar-refractivity contribution is 0.902. The van der Waals surface area contributed by atoms with E-state index in [-0.39, 0.29) is 0 Å². The molecule has 4 heterocycles. The van der Waals surface area contributed by atoms with Crippen LogP contribution in [-0.4, -0.2) is 19.9 Å². The minimum atomic E-state index is 0.796. The molecule has 0 radical (unpaired) electrons. The number of pyridine rings is 4. The number of hydrogen-bond donors (Lipinski definition) is 0. The fourth-order valence-corrected chi connectivity index (χ4v) is 4.51. The highest BCUT2D eigenvalue weighted by molar-refractivity contribution is 5.85. The smallest absolute Gasteiger partial charge is 0.160 e. The van der Waals surface area contributed by atoms with Gasteiger partial charge in [0, 0.05) is 16.8 Å². The van der Waals surface area contributed by atoms with Crippen molar-refractivity contribution in [2.24, 2.45) is 0 Å². The molecule has 4 nitrogen and oxygen atoms in total. The van der Waals surface area contributed by atoms with Gasteiger partial charge >= 0.3 is 0 Å². The van der Waals surface area contributed by atoms with Crippen LogP contribution >= 0.6 is 0 Å². The maximum absolute atomic E-state index is 5.00. The third kappa shape index (κ3) is 3.79. The first-order valence-corrected chi connectivity index (χ1v) is 11.9. The van der Waals surface area contributed by atoms with Gasteiger partial charge in [-0.25, -0.2) is 9.97 Å². The Balaban J connectivity index is 0.000000582. The van der Waals surface area contributed by atoms with E-state index in [9.17, 15) is 0 Å². The molecular weight excluding hydrogens is 392 g/mol. The summed E-state index contributed by atoms with van der Waals surface area (Å²) in [5.41, 5.74) is 12.0. The monoisotopic (exact) mass is 424 g/mol. The quantitative estimate of drug-likeness (QED) is 0.318. The summed E-state index contributed by atoms with van der Waals surface area (Å²) in [6, 6.07) is 13.1. The zero-order chi connectivity index (χ0) is 22.8. The summed E-state index contributed by atoms with van der Waals surface area (Å²) >= 11 is 0. The molecule has 0 fully saturated rings. The second kappa shape index (κ2) is 9.15. The molecule has 0 aliphatic heterocycles. The van der Waals surface area contributed by atoms with Crippen molar-refractivity contribution < 1.29 is 0 Å². The van der Waals surface area contributed by atoms with Crippen molar-refractivity contribution in [3.63, 3.8) is 0 Å². The van der Waals surface area contributed by atoms with E-state index in [1.165, 1.54) is 22.3 Å². The number of hydrogen-bond acceptors (Lipinski definition) is 4. The molecule has 6 rings (SSSR count). The lowest BCUT2D eigenvalue weighted by Gasteiger charge is -2.21. The Hall–Kier alpha value is -3.14. The molecule has 164 valence electrons. The largest absolute Gasteiger partial charge is 0.251 e. The molecule has 4 aromatic heterocycles. The van der Waals surface area contributed by atoms with E-state index in [2.05, 4.69) is 36.4 Å². The lowest BCUT2D eigenvalue weighted by atomic mass is 9.90. The van der Waals surface area contributed by atoms with Gasteiger partial charge in [-0.1, -0.05) is 39.8 Å². The van der Waals surface area contributed by atoms with Crippen molar-refractivity contribution >= 4 is 11.0 Å². The van der Waals surface area contributed by atoms with Crippen molar-refractivity contribution in [2.75, 3.05) is 0 Å². The molecule has 0 N–H and O–H groups in total. The summed E-state index contributed by atoms with van der Waals surface area (Å²) in [4.78, 5) is 19.6. The minimum absolute atomic E-state index is 0.796. The maximum Gasteiger partial charge on any atom is 0.160 e. The van der Waals surface area contributed by atoms with Crippen LogP contribution in [0.1, 0.15) is 61.3 Å². The Kier molecular flexibility index (Phi) is 6.31. The van der Waals surface area contributed by atoms with Gasteiger partial charge in [0.1, 0.15) is 0 Å². The van der Waals surface area contributed by atoms with E-state index in [0.717, 1.165) is 70.9 Å². The molecule has 0 unspecified atom stereocenters. The SMILES string of the molecule is CC.CC.Cc1ccc2c(n1)-c1nc3nc4c(cc3cc1CC2)CCc1ccc(C)nc1-4. The van der Waals surface area contributed by atoms with E-state index in [0.29, 0.717) is 0 Å². The Morgan fingerprint density at radius 2 is 0.875 bits per heavy atom. The highest BCUT2D eigenvalue weighted by Gasteiger charge is 2.23. The molecule has 4 heteroatoms. The highest BCUT2D eigenvalue weighted by Crippen LogP contribution is 2.36. The number of nitrogens with zero attached hydrogens (tertiary/aromatic N) is 4. The first-order chi connectivity index (χ1) is 15.7. The highest BCUT2D eigenvalue weighted by atomic mass is 14.9. The average Bonchev–Trinajstić information content (AvgIpc) is 2.84. The summed E-state index contributed by atoms with van der Waals surface area (Å²) in [5.74, 6) is 0. The van der Waals surface area contributed by atoms with Crippen molar-refractivity contribution in [3.05, 3.63) is 70.0 Å². The molecule has 0 atom stereocenters. The van der Waals surface area contributed by atoms with Crippen LogP contribution in [0.15, 0.2) is 36.4 Å². The van der Waals surface area contributed by atoms with Crippen LogP contribution in [-0.2, 0) is 25.7 Å². The Labute approximate surface area is 191 Å². The standard InChI is InChI=1S/C24H20N4.2C2H6/c1-13-3-5-15-7-9-17-11-19-12-18-10-8-16-6-4-14(2)26-21(16)23(18)28-24(19)27-22(17)20(15)25-13;2*1-2/h3-6,11-12H,7-10H2,1-2H3;2*1-2H3. The van der Waals surface area contributed by atoms with E-state index < -0.39 is 0 Å². The van der Waals surface area contributed by atoms with Gasteiger partial charge in [-0.2, -0.15) is 0 Å². The zero-order valence-electron chi connectivity index (χ0n) is 20.1. The molecule has 0 amide bonds. The third-order valence-corrected chi connectivity index (χ3v) is 5.97. The van der Waals surface area contributed by atoms with Gasteiger partial charge in [0.15, 0.2) is 5.65 Å². The lowest BCUT2D eigenvalue weighted by Crippen LogP contribution is -2.11. The van der Waals surface area contributed by atoms with E-state index >= 15 is 0 Å². The van der Waals surface area contributed by atoms with Gasteiger partial charge in [0.25, 0.3) is 0 Å². The number of fused-ring (bicyclic) bond motifs is 7. The predicted octanol–water partition coefficient (Wildman–Crippen LogP) is 6.62. The van der Waals surface area contributed by atoms with E-state index in [4.69, 9.17) is 19.9 Å². The topological polar surface area (TPSA) is 51.6 Å². The molecule has 0 aromatic carbocycles. The van der Waals surface area contributed by atoms with Crippen LogP contribution in [0.2, 0.25) is 0 Å². The fraction of sp³-hybridized carbons (Fsp3) is 0.357. The second-order valence-electron chi connectivity index (χ2n) is 7.96. The minimum Gasteiger partial charge on any atom is -0.251 e. The van der Waals surface area contributed by atoms with E-state index in [1.54, 1.807) is 0 Å². The van der Waals surface area contributed by atoms with Crippen molar-refractivity contribution in [2.45, 2.75) is 67.2 Å². The Morgan fingerprint density at radius 3 is 1.31 bits per heavy atom. The molecule has 32 heavy (non-hydrogen) atoms. The van der Waals surface area contributed by atoms with Crippen molar-refractivity contribution in [3.8, 4) is 22.8 Å². The van der Waals surface area contributed by atoms with Gasteiger partial charge in [-0.15, -0.1) is 0 Å². The molecule has 4 aromatic rings. The van der Waals surface area contributed by atoms with E-state index in [1.807, 2.05) is 41.5 Å². The Bertz CT molecular complexity index is 1190. The molecule has 0 saturated carbocycles. The molecule has 0 spiro atoms. The van der Waals surface area contributed by atoms with Crippen LogP contribution in [0.5, 0.6) is 0 Å². The first-order valence-electron chi connectivity index (χ1n) is 11.9. The van der Waals surface area contributed by atoms with Crippen LogP contribution < -0.4 is 0 Å².